The number of hydrogen-bond donors (Lipinski definition) is 1. The standard InChI is InChI=1S/C35H48FN.C8H10.C2H6/c1-9-22(3)31-26(19-25(6)30-23(4)10-11-24(5)32(30)36)20-29-34(31,8)16-14-28-33(7)15-12-21(2)18-27(33)13-17-35(28,29)37;1-2-8-6-4-3-5-7-8;1-2/h10-12,15,18,25-26,28-29,31H,2-3,9,13-14,16-17,19-20,37H2,1,4-8H3;3-7H,2H2,1H3;1-2H3/t25?,26-,28?,29?,31?,33?,34?,35?;;/m1../s1. The van der Waals surface area contributed by atoms with Gasteiger partial charge in [0.15, 0.2) is 0 Å². The van der Waals surface area contributed by atoms with E-state index in [1.165, 1.54) is 23.1 Å². The van der Waals surface area contributed by atoms with Gasteiger partial charge in [-0.15, -0.1) is 0 Å². The summed E-state index contributed by atoms with van der Waals surface area (Å²) in [5, 5.41) is 0. The molecule has 3 fully saturated rings. The second kappa shape index (κ2) is 14.8. The Balaban J connectivity index is 0.000000433. The van der Waals surface area contributed by atoms with Gasteiger partial charge in [-0.25, -0.2) is 4.39 Å². The summed E-state index contributed by atoms with van der Waals surface area (Å²) in [6.45, 7) is 28.4. The smallest absolute Gasteiger partial charge is 0.129 e. The third-order valence-corrected chi connectivity index (χ3v) is 12.9. The molecule has 256 valence electrons. The summed E-state index contributed by atoms with van der Waals surface area (Å²) in [6.07, 6.45) is 15.7. The molecule has 0 bridgehead atoms. The molecular weight excluding hydrogens is 574 g/mol. The van der Waals surface area contributed by atoms with E-state index in [-0.39, 0.29) is 28.1 Å². The van der Waals surface area contributed by atoms with Crippen LogP contribution in [0.1, 0.15) is 122 Å². The molecule has 2 N–H and O–H groups in total. The number of allylic oxidation sites excluding steroid dienone is 6. The van der Waals surface area contributed by atoms with Crippen LogP contribution in [0.2, 0.25) is 0 Å². The minimum atomic E-state index is -0.184. The first kappa shape index (κ1) is 37.1. The molecule has 0 heterocycles. The summed E-state index contributed by atoms with van der Waals surface area (Å²) in [7, 11) is 0. The Hall–Kier alpha value is -2.71. The molecule has 7 unspecified atom stereocenters. The van der Waals surface area contributed by atoms with Crippen LogP contribution in [0.25, 0.3) is 0 Å². The van der Waals surface area contributed by atoms with Crippen molar-refractivity contribution in [3.63, 3.8) is 0 Å². The van der Waals surface area contributed by atoms with Gasteiger partial charge in [0.25, 0.3) is 0 Å². The Kier molecular flexibility index (Phi) is 11.7. The number of hydrogen-bond acceptors (Lipinski definition) is 1. The van der Waals surface area contributed by atoms with E-state index in [4.69, 9.17) is 5.73 Å². The van der Waals surface area contributed by atoms with Crippen LogP contribution in [0.15, 0.2) is 90.6 Å². The van der Waals surface area contributed by atoms with Gasteiger partial charge in [0.1, 0.15) is 5.82 Å². The van der Waals surface area contributed by atoms with Crippen LogP contribution in [0.4, 0.5) is 4.39 Å². The van der Waals surface area contributed by atoms with Gasteiger partial charge in [0.05, 0.1) is 0 Å². The summed E-state index contributed by atoms with van der Waals surface area (Å²) < 4.78 is 15.3. The first-order valence-corrected chi connectivity index (χ1v) is 18.6. The zero-order valence-electron chi connectivity index (χ0n) is 31.2. The van der Waals surface area contributed by atoms with E-state index in [1.54, 1.807) is 0 Å². The van der Waals surface area contributed by atoms with E-state index >= 15 is 4.39 Å². The zero-order chi connectivity index (χ0) is 34.7. The molecule has 0 saturated heterocycles. The van der Waals surface area contributed by atoms with Gasteiger partial charge in [-0.2, -0.15) is 0 Å². The highest BCUT2D eigenvalue weighted by atomic mass is 19.1. The molecule has 2 aromatic rings. The maximum Gasteiger partial charge on any atom is 0.129 e. The van der Waals surface area contributed by atoms with Crippen molar-refractivity contribution < 1.29 is 4.39 Å². The van der Waals surface area contributed by atoms with Crippen molar-refractivity contribution in [1.82, 2.24) is 0 Å². The van der Waals surface area contributed by atoms with Gasteiger partial charge < -0.3 is 5.73 Å². The predicted octanol–water partition coefficient (Wildman–Crippen LogP) is 12.4. The third-order valence-electron chi connectivity index (χ3n) is 12.9. The quantitative estimate of drug-likeness (QED) is 0.313. The lowest BCUT2D eigenvalue weighted by Gasteiger charge is -2.62. The SMILES string of the molecule is C=C1C=CC2(C)C(=C1)CCC1(N)C2CCC2(C)C(C(=C)CC)[C@H](CC(C)c3c(C)ccc(C)c3F)CC21.CC.CCc1ccccc1. The first-order valence-electron chi connectivity index (χ1n) is 18.6. The molecule has 4 aliphatic carbocycles. The molecule has 2 aromatic carbocycles. The summed E-state index contributed by atoms with van der Waals surface area (Å²) in [4.78, 5) is 0. The molecule has 0 aliphatic heterocycles. The van der Waals surface area contributed by atoms with Crippen LogP contribution >= 0.6 is 0 Å². The maximum absolute atomic E-state index is 15.3. The third kappa shape index (κ3) is 6.79. The average molecular weight is 638 g/mol. The highest BCUT2D eigenvalue weighted by Crippen LogP contribution is 2.69. The van der Waals surface area contributed by atoms with Gasteiger partial charge in [0.2, 0.25) is 0 Å². The van der Waals surface area contributed by atoms with E-state index in [0.29, 0.717) is 23.7 Å². The Bertz CT molecular complexity index is 1480. The lowest BCUT2D eigenvalue weighted by Crippen LogP contribution is -2.66. The number of nitrogens with two attached hydrogens (primary N) is 1. The fourth-order valence-corrected chi connectivity index (χ4v) is 10.6. The number of halogens is 1. The lowest BCUT2D eigenvalue weighted by molar-refractivity contribution is -0.0498. The first-order chi connectivity index (χ1) is 22.3. The molecular formula is C45H64FN. The Morgan fingerprint density at radius 3 is 2.28 bits per heavy atom. The normalized spacial score (nSPS) is 32.7. The molecule has 8 atom stereocenters. The van der Waals surface area contributed by atoms with E-state index in [1.807, 2.05) is 32.9 Å². The van der Waals surface area contributed by atoms with Gasteiger partial charge in [-0.3, -0.25) is 0 Å². The van der Waals surface area contributed by atoms with Gasteiger partial charge in [0, 0.05) is 11.0 Å². The minimum absolute atomic E-state index is 0.0134. The maximum atomic E-state index is 15.3. The van der Waals surface area contributed by atoms with Crippen LogP contribution in [-0.2, 0) is 6.42 Å². The molecule has 3 saturated carbocycles. The molecule has 6 rings (SSSR count). The Labute approximate surface area is 287 Å². The second-order valence-corrected chi connectivity index (χ2v) is 15.5. The number of fused-ring (bicyclic) bond motifs is 5. The minimum Gasteiger partial charge on any atom is -0.325 e. The summed E-state index contributed by atoms with van der Waals surface area (Å²) in [6, 6.07) is 14.5. The lowest BCUT2D eigenvalue weighted by atomic mass is 9.44. The van der Waals surface area contributed by atoms with E-state index in [9.17, 15) is 0 Å². The molecule has 2 heteroatoms. The van der Waals surface area contributed by atoms with Gasteiger partial charge >= 0.3 is 0 Å². The van der Waals surface area contributed by atoms with Crippen molar-refractivity contribution >= 4 is 0 Å². The topological polar surface area (TPSA) is 26.0 Å². The average Bonchev–Trinajstić information content (AvgIpc) is 3.37. The van der Waals surface area contributed by atoms with Crippen LogP contribution in [0.5, 0.6) is 0 Å². The summed E-state index contributed by atoms with van der Waals surface area (Å²) in [5.41, 5.74) is 15.8. The highest BCUT2D eigenvalue weighted by Gasteiger charge is 2.66. The number of benzene rings is 2. The predicted molar refractivity (Wildman–Crippen MR) is 202 cm³/mol. The number of aryl methyl sites for hydroxylation is 3. The van der Waals surface area contributed by atoms with Crippen LogP contribution in [-0.4, -0.2) is 5.54 Å². The molecule has 0 aromatic heterocycles. The molecule has 0 spiro atoms. The zero-order valence-corrected chi connectivity index (χ0v) is 31.2. The summed E-state index contributed by atoms with van der Waals surface area (Å²) in [5.74, 6) is 2.01. The fourth-order valence-electron chi connectivity index (χ4n) is 10.6. The van der Waals surface area contributed by atoms with E-state index in [0.717, 1.165) is 67.2 Å². The molecule has 47 heavy (non-hydrogen) atoms. The van der Waals surface area contributed by atoms with Crippen LogP contribution in [0, 0.1) is 54.2 Å². The summed E-state index contributed by atoms with van der Waals surface area (Å²) >= 11 is 0. The van der Waals surface area contributed by atoms with Crippen molar-refractivity contribution in [3.8, 4) is 0 Å². The Morgan fingerprint density at radius 2 is 1.66 bits per heavy atom. The molecule has 0 amide bonds. The van der Waals surface area contributed by atoms with E-state index in [2.05, 4.69) is 103 Å². The highest BCUT2D eigenvalue weighted by molar-refractivity contribution is 5.45. The van der Waals surface area contributed by atoms with Crippen molar-refractivity contribution in [2.45, 2.75) is 125 Å². The van der Waals surface area contributed by atoms with E-state index < -0.39 is 0 Å². The van der Waals surface area contributed by atoms with Crippen molar-refractivity contribution in [3.05, 3.63) is 119 Å². The largest absolute Gasteiger partial charge is 0.325 e. The molecule has 1 nitrogen and oxygen atoms in total. The Morgan fingerprint density at radius 1 is 1.00 bits per heavy atom. The number of rotatable bonds is 6. The van der Waals surface area contributed by atoms with Gasteiger partial charge in [-0.1, -0.05) is 133 Å². The molecule has 4 aliphatic rings. The van der Waals surface area contributed by atoms with Crippen LogP contribution < -0.4 is 5.73 Å². The van der Waals surface area contributed by atoms with Crippen molar-refractivity contribution in [2.24, 2.45) is 40.2 Å². The second-order valence-electron chi connectivity index (χ2n) is 15.5. The van der Waals surface area contributed by atoms with Crippen LogP contribution in [0.3, 0.4) is 0 Å². The van der Waals surface area contributed by atoms with Crippen molar-refractivity contribution in [1.29, 1.82) is 0 Å². The fraction of sp³-hybridized carbons (Fsp3) is 0.556. The molecule has 0 radical (unpaired) electrons. The monoisotopic (exact) mass is 638 g/mol. The van der Waals surface area contributed by atoms with Crippen molar-refractivity contribution in [2.75, 3.05) is 0 Å². The van der Waals surface area contributed by atoms with Gasteiger partial charge in [-0.05, 0) is 128 Å².